The molecule has 1 N–H and O–H groups in total. The van der Waals surface area contributed by atoms with Crippen molar-refractivity contribution in [3.05, 3.63) is 0 Å². The molecule has 0 spiro atoms. The molecule has 0 radical (unpaired) electrons. The van der Waals surface area contributed by atoms with Crippen molar-refractivity contribution >= 4 is 23.6 Å². The van der Waals surface area contributed by atoms with E-state index in [1.165, 1.54) is 0 Å². The van der Waals surface area contributed by atoms with Crippen molar-refractivity contribution in [1.29, 1.82) is 0 Å². The lowest BCUT2D eigenvalue weighted by Crippen LogP contribution is -2.41. The topological polar surface area (TPSA) is 57.6 Å². The van der Waals surface area contributed by atoms with Crippen LogP contribution in [0, 0.1) is 17.8 Å². The highest BCUT2D eigenvalue weighted by molar-refractivity contribution is 7.98. The standard InChI is InChI=1S/C15H27NO3S/c1-5-11-8-12(13(9-11)15(18)19)14(17)16(3)10(2)6-7-20-4/h10-13H,5-9H2,1-4H3,(H,18,19). The fourth-order valence-electron chi connectivity index (χ4n) is 2.98. The van der Waals surface area contributed by atoms with Crippen molar-refractivity contribution in [1.82, 2.24) is 4.90 Å². The van der Waals surface area contributed by atoms with E-state index in [1.54, 1.807) is 16.7 Å². The van der Waals surface area contributed by atoms with Crippen molar-refractivity contribution in [2.24, 2.45) is 17.8 Å². The third kappa shape index (κ3) is 4.14. The highest BCUT2D eigenvalue weighted by Gasteiger charge is 2.43. The summed E-state index contributed by atoms with van der Waals surface area (Å²) in [4.78, 5) is 25.7. The molecule has 1 fully saturated rings. The minimum Gasteiger partial charge on any atom is -0.481 e. The molecule has 1 aliphatic rings. The molecule has 4 atom stereocenters. The van der Waals surface area contributed by atoms with Gasteiger partial charge in [0.25, 0.3) is 0 Å². The minimum absolute atomic E-state index is 0.0157. The first-order valence-electron chi connectivity index (χ1n) is 7.40. The number of carbonyl (C=O) groups excluding carboxylic acids is 1. The predicted octanol–water partition coefficient (Wildman–Crippen LogP) is 2.72. The van der Waals surface area contributed by atoms with Crippen molar-refractivity contribution in [2.75, 3.05) is 19.1 Å². The van der Waals surface area contributed by atoms with Gasteiger partial charge in [-0.15, -0.1) is 0 Å². The molecule has 0 heterocycles. The molecule has 0 aromatic carbocycles. The molecular weight excluding hydrogens is 274 g/mol. The first kappa shape index (κ1) is 17.3. The Kier molecular flexibility index (Phi) is 6.86. The van der Waals surface area contributed by atoms with Crippen LogP contribution in [0.15, 0.2) is 0 Å². The molecule has 0 aromatic rings. The molecular formula is C15H27NO3S. The Bertz CT molecular complexity index is 348. The summed E-state index contributed by atoms with van der Waals surface area (Å²) in [6.45, 7) is 4.11. The number of carboxylic acid groups (broad SMARTS) is 1. The predicted molar refractivity (Wildman–Crippen MR) is 82.9 cm³/mol. The van der Waals surface area contributed by atoms with Gasteiger partial charge in [0.15, 0.2) is 0 Å². The van der Waals surface area contributed by atoms with E-state index < -0.39 is 11.9 Å². The average molecular weight is 301 g/mol. The van der Waals surface area contributed by atoms with Gasteiger partial charge in [0.05, 0.1) is 11.8 Å². The van der Waals surface area contributed by atoms with Crippen LogP contribution < -0.4 is 0 Å². The van der Waals surface area contributed by atoms with Crippen LogP contribution in [0.5, 0.6) is 0 Å². The number of carboxylic acids is 1. The van der Waals surface area contributed by atoms with E-state index in [1.807, 2.05) is 14.0 Å². The molecule has 1 rings (SSSR count). The van der Waals surface area contributed by atoms with E-state index in [4.69, 9.17) is 0 Å². The Labute approximate surface area is 126 Å². The van der Waals surface area contributed by atoms with Crippen LogP contribution in [0.4, 0.5) is 0 Å². The molecule has 5 heteroatoms. The minimum atomic E-state index is -0.815. The Hall–Kier alpha value is -0.710. The van der Waals surface area contributed by atoms with Gasteiger partial charge in [0, 0.05) is 13.1 Å². The number of carbonyl (C=O) groups is 2. The normalized spacial score (nSPS) is 27.3. The number of aliphatic carboxylic acids is 1. The molecule has 4 unspecified atom stereocenters. The van der Waals surface area contributed by atoms with Crippen LogP contribution >= 0.6 is 11.8 Å². The van der Waals surface area contributed by atoms with E-state index in [0.29, 0.717) is 12.3 Å². The summed E-state index contributed by atoms with van der Waals surface area (Å²) in [6.07, 6.45) is 5.34. The highest BCUT2D eigenvalue weighted by Crippen LogP contribution is 2.39. The van der Waals surface area contributed by atoms with Crippen LogP contribution in [0.2, 0.25) is 0 Å². The summed E-state index contributed by atoms with van der Waals surface area (Å²) >= 11 is 1.77. The van der Waals surface area contributed by atoms with Crippen molar-refractivity contribution in [3.8, 4) is 0 Å². The molecule has 1 aliphatic carbocycles. The van der Waals surface area contributed by atoms with Gasteiger partial charge in [-0.2, -0.15) is 11.8 Å². The van der Waals surface area contributed by atoms with Gasteiger partial charge in [-0.05, 0) is 44.1 Å². The second-order valence-corrected chi connectivity index (χ2v) is 6.86. The summed E-state index contributed by atoms with van der Waals surface area (Å²) in [5, 5.41) is 9.33. The maximum atomic E-state index is 12.6. The fraction of sp³-hybridized carbons (Fsp3) is 0.867. The van der Waals surface area contributed by atoms with Crippen LogP contribution in [0.3, 0.4) is 0 Å². The molecule has 1 amide bonds. The van der Waals surface area contributed by atoms with Gasteiger partial charge in [0.2, 0.25) is 5.91 Å². The zero-order valence-corrected chi connectivity index (χ0v) is 13.8. The monoisotopic (exact) mass is 301 g/mol. The molecule has 0 saturated heterocycles. The van der Waals surface area contributed by atoms with Gasteiger partial charge in [0.1, 0.15) is 0 Å². The van der Waals surface area contributed by atoms with Crippen LogP contribution in [0.25, 0.3) is 0 Å². The number of nitrogens with zero attached hydrogens (tertiary/aromatic N) is 1. The van der Waals surface area contributed by atoms with E-state index in [9.17, 15) is 14.7 Å². The van der Waals surface area contributed by atoms with Gasteiger partial charge in [-0.1, -0.05) is 13.3 Å². The van der Waals surface area contributed by atoms with Crippen molar-refractivity contribution in [2.45, 2.75) is 45.6 Å². The van der Waals surface area contributed by atoms with Crippen LogP contribution in [-0.4, -0.2) is 47.0 Å². The van der Waals surface area contributed by atoms with E-state index in [-0.39, 0.29) is 17.9 Å². The SMILES string of the molecule is CCC1CC(C(=O)O)C(C(=O)N(C)C(C)CCSC)C1. The summed E-state index contributed by atoms with van der Waals surface area (Å²) in [5.74, 6) is -0.239. The zero-order valence-electron chi connectivity index (χ0n) is 13.0. The number of thioether (sulfide) groups is 1. The lowest BCUT2D eigenvalue weighted by molar-refractivity contribution is -0.149. The number of amides is 1. The van der Waals surface area contributed by atoms with E-state index in [2.05, 4.69) is 13.2 Å². The van der Waals surface area contributed by atoms with Crippen LogP contribution in [-0.2, 0) is 9.59 Å². The van der Waals surface area contributed by atoms with Crippen molar-refractivity contribution in [3.63, 3.8) is 0 Å². The second kappa shape index (κ2) is 7.91. The first-order chi connectivity index (χ1) is 9.42. The summed E-state index contributed by atoms with van der Waals surface area (Å²) < 4.78 is 0. The molecule has 1 saturated carbocycles. The Morgan fingerprint density at radius 3 is 2.45 bits per heavy atom. The fourth-order valence-corrected chi connectivity index (χ4v) is 3.56. The molecule has 0 aromatic heterocycles. The Morgan fingerprint density at radius 2 is 1.95 bits per heavy atom. The molecule has 4 nitrogen and oxygen atoms in total. The second-order valence-electron chi connectivity index (χ2n) is 5.88. The molecule has 116 valence electrons. The Balaban J connectivity index is 2.70. The zero-order chi connectivity index (χ0) is 15.3. The smallest absolute Gasteiger partial charge is 0.307 e. The van der Waals surface area contributed by atoms with E-state index >= 15 is 0 Å². The van der Waals surface area contributed by atoms with Gasteiger partial charge >= 0.3 is 5.97 Å². The summed E-state index contributed by atoms with van der Waals surface area (Å²) in [6, 6.07) is 0.171. The first-order valence-corrected chi connectivity index (χ1v) is 8.80. The molecule has 0 bridgehead atoms. The van der Waals surface area contributed by atoms with Crippen molar-refractivity contribution < 1.29 is 14.7 Å². The third-order valence-electron chi connectivity index (χ3n) is 4.62. The Morgan fingerprint density at radius 1 is 1.35 bits per heavy atom. The van der Waals surface area contributed by atoms with E-state index in [0.717, 1.165) is 25.0 Å². The maximum absolute atomic E-state index is 12.6. The lowest BCUT2D eigenvalue weighted by atomic mass is 9.94. The highest BCUT2D eigenvalue weighted by atomic mass is 32.2. The van der Waals surface area contributed by atoms with Gasteiger partial charge in [-0.25, -0.2) is 0 Å². The molecule has 0 aliphatic heterocycles. The molecule has 20 heavy (non-hydrogen) atoms. The van der Waals surface area contributed by atoms with Gasteiger partial charge in [-0.3, -0.25) is 9.59 Å². The maximum Gasteiger partial charge on any atom is 0.307 e. The quantitative estimate of drug-likeness (QED) is 0.785. The lowest BCUT2D eigenvalue weighted by Gasteiger charge is -2.29. The largest absolute Gasteiger partial charge is 0.481 e. The summed E-state index contributed by atoms with van der Waals surface area (Å²) in [7, 11) is 1.81. The number of hydrogen-bond acceptors (Lipinski definition) is 3. The van der Waals surface area contributed by atoms with Gasteiger partial charge < -0.3 is 10.0 Å². The third-order valence-corrected chi connectivity index (χ3v) is 5.26. The number of hydrogen-bond donors (Lipinski definition) is 1. The summed E-state index contributed by atoms with van der Waals surface area (Å²) in [5.41, 5.74) is 0. The average Bonchev–Trinajstić information content (AvgIpc) is 2.87. The van der Waals surface area contributed by atoms with Crippen LogP contribution in [0.1, 0.15) is 39.5 Å². The number of rotatable bonds is 7.